The number of ether oxygens (including phenoxy) is 1. The molecule has 1 aliphatic rings. The Labute approximate surface area is 167 Å². The van der Waals surface area contributed by atoms with Gasteiger partial charge < -0.3 is 14.7 Å². The van der Waals surface area contributed by atoms with Gasteiger partial charge in [0.2, 0.25) is 0 Å². The number of carbonyl (C=O) groups is 1. The number of methoxy groups -OCH3 is 1. The lowest BCUT2D eigenvalue weighted by Gasteiger charge is -2.23. The third-order valence-corrected chi connectivity index (χ3v) is 5.62. The SMILES string of the molecule is COC(=O)c1nc(C2CC2)nc(N(CO)CCSCc2ccccc2)c1Cl. The average Bonchev–Trinajstić information content (AvgIpc) is 3.54. The molecule has 1 N–H and O–H groups in total. The van der Waals surface area contributed by atoms with Crippen LogP contribution >= 0.6 is 23.4 Å². The first-order valence-electron chi connectivity index (χ1n) is 8.77. The topological polar surface area (TPSA) is 75.5 Å². The van der Waals surface area contributed by atoms with Gasteiger partial charge in [0.15, 0.2) is 11.5 Å². The monoisotopic (exact) mass is 407 g/mol. The molecule has 27 heavy (non-hydrogen) atoms. The van der Waals surface area contributed by atoms with Crippen molar-refractivity contribution in [1.82, 2.24) is 9.97 Å². The van der Waals surface area contributed by atoms with Crippen molar-refractivity contribution in [3.8, 4) is 0 Å². The molecule has 1 aromatic heterocycles. The fourth-order valence-electron chi connectivity index (χ4n) is 2.60. The number of aliphatic hydroxyl groups is 1. The normalized spacial score (nSPS) is 13.4. The number of aromatic nitrogens is 2. The molecule has 0 unspecified atom stereocenters. The summed E-state index contributed by atoms with van der Waals surface area (Å²) in [7, 11) is 1.29. The number of thioether (sulfide) groups is 1. The van der Waals surface area contributed by atoms with E-state index in [1.165, 1.54) is 12.7 Å². The van der Waals surface area contributed by atoms with Crippen molar-refractivity contribution in [2.45, 2.75) is 24.5 Å². The molecule has 1 fully saturated rings. The van der Waals surface area contributed by atoms with Gasteiger partial charge in [-0.3, -0.25) is 0 Å². The van der Waals surface area contributed by atoms with Crippen LogP contribution in [0, 0.1) is 0 Å². The third-order valence-electron chi connectivity index (χ3n) is 4.26. The van der Waals surface area contributed by atoms with Gasteiger partial charge in [-0.1, -0.05) is 41.9 Å². The molecule has 0 atom stereocenters. The van der Waals surface area contributed by atoms with Crippen LogP contribution in [0.2, 0.25) is 5.02 Å². The Morgan fingerprint density at radius 2 is 2.07 bits per heavy atom. The third kappa shape index (κ3) is 5.12. The number of rotatable bonds is 9. The predicted molar refractivity (Wildman–Crippen MR) is 107 cm³/mol. The van der Waals surface area contributed by atoms with Gasteiger partial charge in [0.05, 0.1) is 7.11 Å². The molecule has 3 rings (SSSR count). The first-order chi connectivity index (χ1) is 13.1. The molecule has 2 aromatic rings. The Hall–Kier alpha value is -1.83. The van der Waals surface area contributed by atoms with Crippen molar-refractivity contribution >= 4 is 35.1 Å². The summed E-state index contributed by atoms with van der Waals surface area (Å²) in [5, 5.41) is 9.95. The van der Waals surface area contributed by atoms with E-state index in [4.69, 9.17) is 16.3 Å². The Balaban J connectivity index is 1.71. The van der Waals surface area contributed by atoms with E-state index in [0.717, 1.165) is 24.3 Å². The smallest absolute Gasteiger partial charge is 0.358 e. The van der Waals surface area contributed by atoms with Crippen LogP contribution in [0.3, 0.4) is 0 Å². The zero-order valence-corrected chi connectivity index (χ0v) is 16.7. The number of aliphatic hydroxyl groups excluding tert-OH is 1. The highest BCUT2D eigenvalue weighted by atomic mass is 35.5. The van der Waals surface area contributed by atoms with Crippen molar-refractivity contribution in [1.29, 1.82) is 0 Å². The van der Waals surface area contributed by atoms with E-state index >= 15 is 0 Å². The van der Waals surface area contributed by atoms with Crippen molar-refractivity contribution < 1.29 is 14.6 Å². The number of halogens is 1. The molecule has 1 heterocycles. The van der Waals surface area contributed by atoms with E-state index in [1.807, 2.05) is 18.2 Å². The van der Waals surface area contributed by atoms with Crippen LogP contribution in [-0.2, 0) is 10.5 Å². The van der Waals surface area contributed by atoms with Crippen LogP contribution in [0.4, 0.5) is 5.82 Å². The molecule has 8 heteroatoms. The summed E-state index contributed by atoms with van der Waals surface area (Å²) < 4.78 is 4.79. The molecule has 0 amide bonds. The largest absolute Gasteiger partial charge is 0.464 e. The molecule has 0 bridgehead atoms. The molecule has 0 aliphatic heterocycles. The number of benzene rings is 1. The van der Waals surface area contributed by atoms with Gasteiger partial charge >= 0.3 is 5.97 Å². The lowest BCUT2D eigenvalue weighted by Crippen LogP contribution is -2.29. The first kappa shape index (κ1) is 19.9. The Morgan fingerprint density at radius 3 is 2.70 bits per heavy atom. The number of carbonyl (C=O) groups excluding carboxylic acids is 1. The van der Waals surface area contributed by atoms with Crippen LogP contribution in [0.25, 0.3) is 0 Å². The number of anilines is 1. The summed E-state index contributed by atoms with van der Waals surface area (Å²) in [4.78, 5) is 22.5. The van der Waals surface area contributed by atoms with Crippen molar-refractivity contribution in [3.63, 3.8) is 0 Å². The highest BCUT2D eigenvalue weighted by Gasteiger charge is 2.31. The van der Waals surface area contributed by atoms with Crippen molar-refractivity contribution in [3.05, 3.63) is 52.4 Å². The lowest BCUT2D eigenvalue weighted by molar-refractivity contribution is 0.0593. The second-order valence-electron chi connectivity index (χ2n) is 6.28. The van der Waals surface area contributed by atoms with Gasteiger partial charge in [0.25, 0.3) is 0 Å². The summed E-state index contributed by atoms with van der Waals surface area (Å²) in [6.07, 6.45) is 1.99. The Morgan fingerprint density at radius 1 is 1.33 bits per heavy atom. The maximum absolute atomic E-state index is 12.0. The van der Waals surface area contributed by atoms with E-state index in [2.05, 4.69) is 22.1 Å². The molecular formula is C19H22ClN3O3S. The summed E-state index contributed by atoms with van der Waals surface area (Å²) in [6, 6.07) is 10.2. The highest BCUT2D eigenvalue weighted by molar-refractivity contribution is 7.98. The van der Waals surface area contributed by atoms with E-state index in [-0.39, 0.29) is 23.4 Å². The minimum atomic E-state index is -0.595. The molecule has 144 valence electrons. The standard InChI is InChI=1S/C19H22ClN3O3S/c1-26-19(25)16-15(20)18(22-17(21-16)14-7-8-14)23(12-24)9-10-27-11-13-5-3-2-4-6-13/h2-6,14,24H,7-12H2,1H3. The summed E-state index contributed by atoms with van der Waals surface area (Å²) >= 11 is 8.13. The molecule has 0 spiro atoms. The van der Waals surface area contributed by atoms with E-state index < -0.39 is 5.97 Å². The van der Waals surface area contributed by atoms with E-state index in [0.29, 0.717) is 18.2 Å². The van der Waals surface area contributed by atoms with Crippen molar-refractivity contribution in [2.24, 2.45) is 0 Å². The van der Waals surface area contributed by atoms with Gasteiger partial charge in [-0.05, 0) is 18.4 Å². The zero-order chi connectivity index (χ0) is 19.2. The first-order valence-corrected chi connectivity index (χ1v) is 10.3. The number of nitrogens with zero attached hydrogens (tertiary/aromatic N) is 3. The zero-order valence-electron chi connectivity index (χ0n) is 15.1. The van der Waals surface area contributed by atoms with Gasteiger partial charge in [0.1, 0.15) is 17.6 Å². The maximum Gasteiger partial charge on any atom is 0.358 e. The molecular weight excluding hydrogens is 386 g/mol. The number of esters is 1. The second kappa shape index (κ2) is 9.39. The average molecular weight is 408 g/mol. The minimum absolute atomic E-state index is 0.0569. The number of hydrogen-bond donors (Lipinski definition) is 1. The number of hydrogen-bond acceptors (Lipinski definition) is 7. The fourth-order valence-corrected chi connectivity index (χ4v) is 3.80. The molecule has 1 saturated carbocycles. The van der Waals surface area contributed by atoms with Crippen LogP contribution in [0.15, 0.2) is 30.3 Å². The Bertz CT molecular complexity index is 787. The van der Waals surface area contributed by atoms with E-state index in [9.17, 15) is 9.90 Å². The van der Waals surface area contributed by atoms with Crippen LogP contribution in [0.5, 0.6) is 0 Å². The molecule has 1 aliphatic carbocycles. The quantitative estimate of drug-likeness (QED) is 0.387. The fraction of sp³-hybridized carbons (Fsp3) is 0.421. The molecule has 1 aromatic carbocycles. The van der Waals surface area contributed by atoms with Gasteiger partial charge in [0, 0.05) is 24.0 Å². The van der Waals surface area contributed by atoms with Crippen LogP contribution in [0.1, 0.15) is 40.6 Å². The van der Waals surface area contributed by atoms with Crippen LogP contribution in [-0.4, -0.2) is 47.2 Å². The van der Waals surface area contributed by atoms with E-state index in [1.54, 1.807) is 16.7 Å². The molecule has 0 radical (unpaired) electrons. The lowest BCUT2D eigenvalue weighted by atomic mass is 10.2. The van der Waals surface area contributed by atoms with Gasteiger partial charge in [-0.15, -0.1) is 0 Å². The summed E-state index contributed by atoms with van der Waals surface area (Å²) in [5.74, 6) is 2.29. The second-order valence-corrected chi connectivity index (χ2v) is 7.76. The van der Waals surface area contributed by atoms with Crippen molar-refractivity contribution in [2.75, 3.05) is 31.0 Å². The summed E-state index contributed by atoms with van der Waals surface area (Å²) in [5.41, 5.74) is 1.31. The predicted octanol–water partition coefficient (Wildman–Crippen LogP) is 3.48. The maximum atomic E-state index is 12.0. The Kier molecular flexibility index (Phi) is 6.93. The highest BCUT2D eigenvalue weighted by Crippen LogP contribution is 2.40. The molecule has 0 saturated heterocycles. The van der Waals surface area contributed by atoms with Crippen LogP contribution < -0.4 is 4.90 Å². The van der Waals surface area contributed by atoms with Gasteiger partial charge in [-0.2, -0.15) is 11.8 Å². The molecule has 6 nitrogen and oxygen atoms in total. The minimum Gasteiger partial charge on any atom is -0.464 e. The van der Waals surface area contributed by atoms with Gasteiger partial charge in [-0.25, -0.2) is 14.8 Å². The summed E-state index contributed by atoms with van der Waals surface area (Å²) in [6.45, 7) is 0.308.